The Morgan fingerprint density at radius 3 is 2.82 bits per heavy atom. The van der Waals surface area contributed by atoms with Gasteiger partial charge in [0, 0.05) is 35.5 Å². The molecule has 6 heteroatoms. The van der Waals surface area contributed by atoms with Gasteiger partial charge in [0.05, 0.1) is 17.8 Å². The molecule has 116 valence electrons. The van der Waals surface area contributed by atoms with Crippen molar-refractivity contribution in [3.63, 3.8) is 0 Å². The van der Waals surface area contributed by atoms with Crippen LogP contribution in [0.5, 0.6) is 5.75 Å². The summed E-state index contributed by atoms with van der Waals surface area (Å²) in [6.45, 7) is 4.06. The van der Waals surface area contributed by atoms with Crippen LogP contribution in [0.15, 0.2) is 18.5 Å². The summed E-state index contributed by atoms with van der Waals surface area (Å²) >= 11 is 0. The first kappa shape index (κ1) is 14.6. The van der Waals surface area contributed by atoms with Gasteiger partial charge in [0.25, 0.3) is 0 Å². The van der Waals surface area contributed by atoms with Crippen LogP contribution in [-0.4, -0.2) is 30.9 Å². The summed E-state index contributed by atoms with van der Waals surface area (Å²) in [7, 11) is 0. The normalized spacial score (nSPS) is 17.5. The van der Waals surface area contributed by atoms with E-state index >= 15 is 0 Å². The number of hydrogen-bond donors (Lipinski definition) is 2. The predicted octanol–water partition coefficient (Wildman–Crippen LogP) is 2.42. The van der Waals surface area contributed by atoms with E-state index in [0.29, 0.717) is 19.3 Å². The van der Waals surface area contributed by atoms with Gasteiger partial charge in [-0.25, -0.2) is 0 Å². The summed E-state index contributed by atoms with van der Waals surface area (Å²) in [5, 5.41) is 23.6. The molecule has 0 aliphatic heterocycles. The summed E-state index contributed by atoms with van der Waals surface area (Å²) in [6.07, 6.45) is 4.86. The zero-order chi connectivity index (χ0) is 15.9. The Bertz CT molecular complexity index is 721. The van der Waals surface area contributed by atoms with Crippen LogP contribution in [0.3, 0.4) is 0 Å². The standard InChI is InChI=1S/C16H19N3O3/c1-9(2)19-14-6-10(16(21)22)3-4-13(14)15(18-19)11-5-12(20)8-17-7-11/h5,7-10,20H,3-4,6H2,1-2H3,(H,21,22)/t10-/m1/s1. The Kier molecular flexibility index (Phi) is 3.60. The molecule has 1 atom stereocenters. The van der Waals surface area contributed by atoms with E-state index in [1.165, 1.54) is 6.20 Å². The van der Waals surface area contributed by atoms with Crippen LogP contribution >= 0.6 is 0 Å². The van der Waals surface area contributed by atoms with E-state index in [1.807, 2.05) is 18.5 Å². The van der Waals surface area contributed by atoms with Crippen molar-refractivity contribution in [1.82, 2.24) is 14.8 Å². The Morgan fingerprint density at radius 1 is 1.41 bits per heavy atom. The summed E-state index contributed by atoms with van der Waals surface area (Å²) in [5.74, 6) is -0.996. The monoisotopic (exact) mass is 301 g/mol. The van der Waals surface area contributed by atoms with Crippen molar-refractivity contribution in [2.24, 2.45) is 5.92 Å². The molecule has 0 saturated heterocycles. The average Bonchev–Trinajstić information content (AvgIpc) is 2.86. The molecule has 22 heavy (non-hydrogen) atoms. The van der Waals surface area contributed by atoms with E-state index in [0.717, 1.165) is 22.5 Å². The van der Waals surface area contributed by atoms with Gasteiger partial charge in [-0.05, 0) is 32.8 Å². The molecular weight excluding hydrogens is 282 g/mol. The highest BCUT2D eigenvalue weighted by molar-refractivity contribution is 5.72. The van der Waals surface area contributed by atoms with Gasteiger partial charge in [0.1, 0.15) is 5.75 Å². The second-order valence-electron chi connectivity index (χ2n) is 6.02. The van der Waals surface area contributed by atoms with E-state index in [4.69, 9.17) is 0 Å². The average molecular weight is 301 g/mol. The molecule has 0 bridgehead atoms. The highest BCUT2D eigenvalue weighted by Crippen LogP contribution is 2.35. The Balaban J connectivity index is 2.11. The third kappa shape index (κ3) is 2.45. The third-order valence-electron chi connectivity index (χ3n) is 4.14. The number of nitrogens with zero attached hydrogens (tertiary/aromatic N) is 3. The maximum atomic E-state index is 11.3. The lowest BCUT2D eigenvalue weighted by Gasteiger charge is -2.21. The molecule has 1 aliphatic carbocycles. The number of hydrogen-bond acceptors (Lipinski definition) is 4. The molecule has 0 saturated carbocycles. The van der Waals surface area contributed by atoms with Crippen molar-refractivity contribution < 1.29 is 15.0 Å². The number of aromatic hydroxyl groups is 1. The number of aliphatic carboxylic acids is 1. The number of fused-ring (bicyclic) bond motifs is 1. The summed E-state index contributed by atoms with van der Waals surface area (Å²) in [6, 6.07) is 1.80. The third-order valence-corrected chi connectivity index (χ3v) is 4.14. The number of carboxylic acids is 1. The van der Waals surface area contributed by atoms with Gasteiger partial charge in [0.15, 0.2) is 0 Å². The highest BCUT2D eigenvalue weighted by Gasteiger charge is 2.31. The molecule has 0 aromatic carbocycles. The van der Waals surface area contributed by atoms with Crippen molar-refractivity contribution in [1.29, 1.82) is 0 Å². The zero-order valence-corrected chi connectivity index (χ0v) is 12.7. The molecule has 2 aromatic heterocycles. The highest BCUT2D eigenvalue weighted by atomic mass is 16.4. The molecular formula is C16H19N3O3. The molecule has 3 rings (SSSR count). The molecule has 0 fully saturated rings. The molecule has 6 nitrogen and oxygen atoms in total. The van der Waals surface area contributed by atoms with Crippen molar-refractivity contribution >= 4 is 5.97 Å². The quantitative estimate of drug-likeness (QED) is 0.909. The Hall–Kier alpha value is -2.37. The van der Waals surface area contributed by atoms with Gasteiger partial charge in [-0.3, -0.25) is 14.5 Å². The zero-order valence-electron chi connectivity index (χ0n) is 12.7. The fourth-order valence-corrected chi connectivity index (χ4v) is 3.06. The summed E-state index contributed by atoms with van der Waals surface area (Å²) in [5.41, 5.74) is 3.64. The largest absolute Gasteiger partial charge is 0.506 e. The van der Waals surface area contributed by atoms with Crippen LogP contribution in [-0.2, 0) is 17.6 Å². The van der Waals surface area contributed by atoms with Crippen LogP contribution in [0, 0.1) is 5.92 Å². The first-order valence-corrected chi connectivity index (χ1v) is 7.44. The summed E-state index contributed by atoms with van der Waals surface area (Å²) < 4.78 is 1.91. The van der Waals surface area contributed by atoms with Crippen LogP contribution < -0.4 is 0 Å². The van der Waals surface area contributed by atoms with E-state index in [2.05, 4.69) is 10.1 Å². The van der Waals surface area contributed by atoms with Gasteiger partial charge in [0.2, 0.25) is 0 Å². The molecule has 0 radical (unpaired) electrons. The van der Waals surface area contributed by atoms with E-state index < -0.39 is 5.97 Å². The summed E-state index contributed by atoms with van der Waals surface area (Å²) in [4.78, 5) is 15.3. The van der Waals surface area contributed by atoms with Gasteiger partial charge in [-0.2, -0.15) is 5.10 Å². The van der Waals surface area contributed by atoms with E-state index in [1.54, 1.807) is 12.3 Å². The molecule has 0 spiro atoms. The Morgan fingerprint density at radius 2 is 2.18 bits per heavy atom. The number of aromatic nitrogens is 3. The van der Waals surface area contributed by atoms with Crippen molar-refractivity contribution in [2.75, 3.05) is 0 Å². The minimum Gasteiger partial charge on any atom is -0.506 e. The topological polar surface area (TPSA) is 88.2 Å². The number of carboxylic acid groups (broad SMARTS) is 1. The first-order valence-electron chi connectivity index (χ1n) is 7.44. The number of rotatable bonds is 3. The van der Waals surface area contributed by atoms with Gasteiger partial charge < -0.3 is 10.2 Å². The smallest absolute Gasteiger partial charge is 0.306 e. The molecule has 2 aromatic rings. The lowest BCUT2D eigenvalue weighted by molar-refractivity contribution is -0.142. The SMILES string of the molecule is CC(C)n1nc(-c2cncc(O)c2)c2c1C[C@H](C(=O)O)CC2. The molecule has 2 N–H and O–H groups in total. The molecule has 0 unspecified atom stereocenters. The van der Waals surface area contributed by atoms with Crippen LogP contribution in [0.2, 0.25) is 0 Å². The second kappa shape index (κ2) is 5.44. The predicted molar refractivity (Wildman–Crippen MR) is 80.7 cm³/mol. The Labute approximate surface area is 128 Å². The van der Waals surface area contributed by atoms with E-state index in [9.17, 15) is 15.0 Å². The van der Waals surface area contributed by atoms with Crippen LogP contribution in [0.4, 0.5) is 0 Å². The fourth-order valence-electron chi connectivity index (χ4n) is 3.06. The van der Waals surface area contributed by atoms with Gasteiger partial charge in [-0.15, -0.1) is 0 Å². The maximum absolute atomic E-state index is 11.3. The number of carbonyl (C=O) groups is 1. The lowest BCUT2D eigenvalue weighted by Crippen LogP contribution is -2.24. The van der Waals surface area contributed by atoms with E-state index in [-0.39, 0.29) is 17.7 Å². The van der Waals surface area contributed by atoms with Gasteiger partial charge >= 0.3 is 5.97 Å². The first-order chi connectivity index (χ1) is 10.5. The van der Waals surface area contributed by atoms with Crippen LogP contribution in [0.1, 0.15) is 37.6 Å². The van der Waals surface area contributed by atoms with Gasteiger partial charge in [-0.1, -0.05) is 0 Å². The number of pyridine rings is 1. The second-order valence-corrected chi connectivity index (χ2v) is 6.02. The van der Waals surface area contributed by atoms with Crippen molar-refractivity contribution in [3.05, 3.63) is 29.7 Å². The van der Waals surface area contributed by atoms with Crippen molar-refractivity contribution in [2.45, 2.75) is 39.2 Å². The molecule has 2 heterocycles. The fraction of sp³-hybridized carbons (Fsp3) is 0.438. The van der Waals surface area contributed by atoms with Crippen LogP contribution in [0.25, 0.3) is 11.3 Å². The molecule has 1 aliphatic rings. The maximum Gasteiger partial charge on any atom is 0.306 e. The minimum absolute atomic E-state index is 0.101. The lowest BCUT2D eigenvalue weighted by atomic mass is 9.86. The molecule has 0 amide bonds. The van der Waals surface area contributed by atoms with Crippen molar-refractivity contribution in [3.8, 4) is 17.0 Å². The minimum atomic E-state index is -0.747.